The molecule has 0 unspecified atom stereocenters. The molecular formula is C25H36N6O3. The minimum absolute atomic E-state index is 0.0246. The number of hydrogen-bond acceptors (Lipinski definition) is 8. The summed E-state index contributed by atoms with van der Waals surface area (Å²) in [5.41, 5.74) is 8.29. The molecule has 2 aliphatic rings. The lowest BCUT2D eigenvalue weighted by Crippen LogP contribution is -2.45. The minimum Gasteiger partial charge on any atom is -0.495 e. The molecule has 9 heteroatoms. The first kappa shape index (κ1) is 24.2. The summed E-state index contributed by atoms with van der Waals surface area (Å²) in [6.45, 7) is 5.55. The van der Waals surface area contributed by atoms with Crippen LogP contribution in [0.15, 0.2) is 18.3 Å². The summed E-state index contributed by atoms with van der Waals surface area (Å²) in [5.74, 6) is 0.869. The van der Waals surface area contributed by atoms with Gasteiger partial charge in [0.15, 0.2) is 0 Å². The fourth-order valence-electron chi connectivity index (χ4n) is 5.17. The first-order valence-corrected chi connectivity index (χ1v) is 12.0. The third-order valence-electron chi connectivity index (χ3n) is 7.02. The zero-order valence-electron chi connectivity index (χ0n) is 20.5. The number of nitrogens with zero attached hydrogens (tertiary/aromatic N) is 3. The van der Waals surface area contributed by atoms with Crippen LogP contribution in [0.4, 0.5) is 17.5 Å². The lowest BCUT2D eigenvalue weighted by molar-refractivity contribution is -0.00480. The molecule has 2 atom stereocenters. The Morgan fingerprint density at radius 2 is 2.03 bits per heavy atom. The van der Waals surface area contributed by atoms with E-state index in [1.54, 1.807) is 7.11 Å². The second kappa shape index (κ2) is 9.76. The van der Waals surface area contributed by atoms with E-state index in [0.717, 1.165) is 56.6 Å². The molecule has 0 radical (unpaired) electrons. The summed E-state index contributed by atoms with van der Waals surface area (Å²) in [7, 11) is 3.75. The summed E-state index contributed by atoms with van der Waals surface area (Å²) in [4.78, 5) is 23.4. The quantitative estimate of drug-likeness (QED) is 0.489. The average molecular weight is 469 g/mol. The summed E-state index contributed by atoms with van der Waals surface area (Å²) in [6, 6.07) is 4.12. The smallest absolute Gasteiger partial charge is 0.254 e. The summed E-state index contributed by atoms with van der Waals surface area (Å²) < 4.78 is 5.63. The summed E-state index contributed by atoms with van der Waals surface area (Å²) >= 11 is 0. The molecule has 2 heterocycles. The van der Waals surface area contributed by atoms with E-state index in [4.69, 9.17) is 10.5 Å². The number of nitrogens with two attached hydrogens (primary N) is 1. The van der Waals surface area contributed by atoms with Crippen molar-refractivity contribution in [2.75, 3.05) is 31.3 Å². The molecule has 1 saturated carbocycles. The van der Waals surface area contributed by atoms with Gasteiger partial charge in [-0.25, -0.2) is 4.98 Å². The molecule has 2 aromatic rings. The molecule has 1 aliphatic heterocycles. The highest BCUT2D eigenvalue weighted by Gasteiger charge is 2.36. The van der Waals surface area contributed by atoms with Gasteiger partial charge >= 0.3 is 0 Å². The highest BCUT2D eigenvalue weighted by Crippen LogP contribution is 2.36. The van der Waals surface area contributed by atoms with Crippen molar-refractivity contribution in [2.45, 2.75) is 64.1 Å². The molecule has 1 fully saturated rings. The highest BCUT2D eigenvalue weighted by molar-refractivity contribution is 5.97. The van der Waals surface area contributed by atoms with Crippen LogP contribution in [0.1, 0.15) is 61.0 Å². The van der Waals surface area contributed by atoms with Crippen molar-refractivity contribution >= 4 is 23.4 Å². The maximum Gasteiger partial charge on any atom is 0.254 e. The molecule has 0 saturated heterocycles. The second-order valence-corrected chi connectivity index (χ2v) is 10.0. The van der Waals surface area contributed by atoms with E-state index in [1.807, 2.05) is 13.8 Å². The maximum atomic E-state index is 12.1. The topological polar surface area (TPSA) is 126 Å². The average Bonchev–Trinajstić information content (AvgIpc) is 2.78. The standard InChI is InChI=1S/C25H36N6O3/c1-25(2,33)18-7-5-6-8-19(18)28-23-17(22(26)32)13-27-24(30-23)29-20-11-16-14-31(3)10-9-15(16)12-21(20)34-4/h11-13,18-19,33H,5-10,14H2,1-4H3,(H2,26,32)(H2,27,28,29,30)/t18-,19-/m1/s1. The van der Waals surface area contributed by atoms with E-state index in [9.17, 15) is 9.90 Å². The third-order valence-corrected chi connectivity index (χ3v) is 7.02. The number of likely N-dealkylation sites (N-methyl/N-ethyl adjacent to an activating group) is 1. The van der Waals surface area contributed by atoms with Crippen molar-refractivity contribution in [2.24, 2.45) is 11.7 Å². The number of amides is 1. The van der Waals surface area contributed by atoms with E-state index < -0.39 is 11.5 Å². The number of ether oxygens (including phenoxy) is 1. The SMILES string of the molecule is COc1cc2c(cc1Nc1ncc(C(N)=O)c(N[C@@H]3CCCC[C@H]3C(C)(C)O)n1)CN(C)CC2. The van der Waals surface area contributed by atoms with E-state index in [2.05, 4.69) is 44.7 Å². The highest BCUT2D eigenvalue weighted by atomic mass is 16.5. The van der Waals surface area contributed by atoms with Crippen LogP contribution < -0.4 is 21.1 Å². The first-order chi connectivity index (χ1) is 16.2. The number of nitrogens with one attached hydrogen (secondary N) is 2. The largest absolute Gasteiger partial charge is 0.495 e. The Hall–Kier alpha value is -2.91. The van der Waals surface area contributed by atoms with Gasteiger partial charge in [0.2, 0.25) is 5.95 Å². The van der Waals surface area contributed by atoms with Crippen molar-refractivity contribution in [1.82, 2.24) is 14.9 Å². The Morgan fingerprint density at radius 3 is 2.74 bits per heavy atom. The van der Waals surface area contributed by atoms with Crippen LogP contribution in [0.5, 0.6) is 5.75 Å². The van der Waals surface area contributed by atoms with Gasteiger partial charge in [-0.05, 0) is 63.4 Å². The van der Waals surface area contributed by atoms with Crippen LogP contribution >= 0.6 is 0 Å². The van der Waals surface area contributed by atoms with Crippen LogP contribution in [0.3, 0.4) is 0 Å². The number of carbonyl (C=O) groups is 1. The van der Waals surface area contributed by atoms with Crippen LogP contribution in [0.25, 0.3) is 0 Å². The Balaban J connectivity index is 1.64. The van der Waals surface area contributed by atoms with Crippen LogP contribution in [-0.2, 0) is 13.0 Å². The van der Waals surface area contributed by atoms with Gasteiger partial charge in [0.25, 0.3) is 5.91 Å². The van der Waals surface area contributed by atoms with Crippen molar-refractivity contribution in [3.8, 4) is 5.75 Å². The number of benzene rings is 1. The van der Waals surface area contributed by atoms with Crippen molar-refractivity contribution in [3.63, 3.8) is 0 Å². The van der Waals surface area contributed by atoms with Crippen molar-refractivity contribution < 1.29 is 14.6 Å². The Morgan fingerprint density at radius 1 is 1.26 bits per heavy atom. The van der Waals surface area contributed by atoms with Crippen molar-refractivity contribution in [1.29, 1.82) is 0 Å². The van der Waals surface area contributed by atoms with Gasteiger partial charge in [-0.15, -0.1) is 0 Å². The van der Waals surface area contributed by atoms with E-state index in [0.29, 0.717) is 11.8 Å². The van der Waals surface area contributed by atoms with Crippen LogP contribution in [0, 0.1) is 5.92 Å². The molecule has 0 bridgehead atoms. The normalized spacial score (nSPS) is 21.0. The molecule has 1 aromatic carbocycles. The minimum atomic E-state index is -0.845. The van der Waals surface area contributed by atoms with Gasteiger partial charge in [-0.1, -0.05) is 12.8 Å². The monoisotopic (exact) mass is 468 g/mol. The Labute approximate surface area is 201 Å². The molecule has 9 nitrogen and oxygen atoms in total. The summed E-state index contributed by atoms with van der Waals surface area (Å²) in [6.07, 6.45) is 6.33. The summed E-state index contributed by atoms with van der Waals surface area (Å²) in [5, 5.41) is 17.4. The van der Waals surface area contributed by atoms with E-state index in [-0.39, 0.29) is 17.5 Å². The van der Waals surface area contributed by atoms with Gasteiger partial charge in [0.05, 0.1) is 24.0 Å². The number of rotatable bonds is 7. The van der Waals surface area contributed by atoms with Gasteiger partial charge in [0.1, 0.15) is 11.6 Å². The number of aromatic nitrogens is 2. The predicted molar refractivity (Wildman–Crippen MR) is 133 cm³/mol. The number of methoxy groups -OCH3 is 1. The predicted octanol–water partition coefficient (Wildman–Crippen LogP) is 3.06. The molecule has 1 aliphatic carbocycles. The molecule has 1 amide bonds. The molecule has 1 aromatic heterocycles. The number of primary amides is 1. The Bertz CT molecular complexity index is 1050. The van der Waals surface area contributed by atoms with Crippen LogP contribution in [-0.4, -0.2) is 58.2 Å². The number of aliphatic hydroxyl groups is 1. The number of anilines is 3. The number of hydrogen-bond donors (Lipinski definition) is 4. The van der Waals surface area contributed by atoms with E-state index >= 15 is 0 Å². The van der Waals surface area contributed by atoms with Gasteiger partial charge in [0, 0.05) is 31.2 Å². The van der Waals surface area contributed by atoms with E-state index in [1.165, 1.54) is 17.3 Å². The molecule has 5 N–H and O–H groups in total. The molecular weight excluding hydrogens is 432 g/mol. The van der Waals surface area contributed by atoms with Crippen LogP contribution in [0.2, 0.25) is 0 Å². The first-order valence-electron chi connectivity index (χ1n) is 12.0. The Kier molecular flexibility index (Phi) is 6.95. The fourth-order valence-corrected chi connectivity index (χ4v) is 5.17. The van der Waals surface area contributed by atoms with Gasteiger partial charge in [-0.3, -0.25) is 4.79 Å². The zero-order chi connectivity index (χ0) is 24.5. The molecule has 0 spiro atoms. The van der Waals surface area contributed by atoms with Gasteiger partial charge < -0.3 is 31.1 Å². The maximum absolute atomic E-state index is 12.1. The second-order valence-electron chi connectivity index (χ2n) is 10.0. The molecule has 34 heavy (non-hydrogen) atoms. The lowest BCUT2D eigenvalue weighted by atomic mass is 9.75. The van der Waals surface area contributed by atoms with Gasteiger partial charge in [-0.2, -0.15) is 4.98 Å². The number of fused-ring (bicyclic) bond motifs is 1. The third kappa shape index (κ3) is 5.26. The number of carbonyl (C=O) groups excluding carboxylic acids is 1. The zero-order valence-corrected chi connectivity index (χ0v) is 20.5. The lowest BCUT2D eigenvalue weighted by Gasteiger charge is -2.40. The fraction of sp³-hybridized carbons (Fsp3) is 0.560. The molecule has 4 rings (SSSR count). The van der Waals surface area contributed by atoms with Crippen molar-refractivity contribution in [3.05, 3.63) is 35.0 Å². The molecule has 184 valence electrons.